The van der Waals surface area contributed by atoms with Gasteiger partial charge in [0, 0.05) is 13.1 Å². The number of H-pyrrole nitrogens is 1. The van der Waals surface area contributed by atoms with Gasteiger partial charge in [-0.3, -0.25) is 19.1 Å². The highest BCUT2D eigenvalue weighted by Crippen LogP contribution is 2.12. The molecule has 0 aliphatic rings. The normalized spacial score (nSPS) is 9.78. The average molecular weight is 250 g/mol. The maximum atomic E-state index is 12.1. The lowest BCUT2D eigenvalue weighted by Gasteiger charge is -2.17. The smallest absolute Gasteiger partial charge is 0.330 e. The predicted molar refractivity (Wildman–Crippen MR) is 69.5 cm³/mol. The molecule has 0 saturated carbocycles. The Morgan fingerprint density at radius 2 is 2.00 bits per heavy atom. The quantitative estimate of drug-likeness (QED) is 0.522. The van der Waals surface area contributed by atoms with Crippen molar-refractivity contribution in [2.75, 3.05) is 17.2 Å². The van der Waals surface area contributed by atoms with E-state index in [2.05, 4.69) is 18.1 Å². The number of anilines is 2. The zero-order chi connectivity index (χ0) is 13.7. The number of hydrogen-bond acceptors (Lipinski definition) is 4. The zero-order valence-electron chi connectivity index (χ0n) is 9.76. The summed E-state index contributed by atoms with van der Waals surface area (Å²) in [7, 11) is 0. The third kappa shape index (κ3) is 2.40. The standard InChI is InChI=1S/C11H14N4O3/c1-3-5-14(7-16)8-9(12)13-11(18)15(6-4-2)10(8)17/h3-4,7H,1-2,5-6,12H2,(H,13,18). The number of aromatic nitrogens is 2. The molecular weight excluding hydrogens is 236 g/mol. The Kier molecular flexibility index (Phi) is 4.25. The van der Waals surface area contributed by atoms with Gasteiger partial charge in [-0.05, 0) is 0 Å². The van der Waals surface area contributed by atoms with Gasteiger partial charge in [-0.15, -0.1) is 13.2 Å². The molecule has 0 bridgehead atoms. The van der Waals surface area contributed by atoms with Crippen LogP contribution in [0, 0.1) is 0 Å². The Labute approximate surface area is 103 Å². The van der Waals surface area contributed by atoms with Gasteiger partial charge in [0.1, 0.15) is 5.82 Å². The second kappa shape index (κ2) is 5.67. The van der Waals surface area contributed by atoms with Gasteiger partial charge in [0.2, 0.25) is 6.41 Å². The highest BCUT2D eigenvalue weighted by molar-refractivity contribution is 5.80. The minimum absolute atomic E-state index is 0.0300. The van der Waals surface area contributed by atoms with E-state index in [4.69, 9.17) is 5.73 Å². The van der Waals surface area contributed by atoms with Crippen molar-refractivity contribution in [1.29, 1.82) is 0 Å². The molecule has 1 heterocycles. The largest absolute Gasteiger partial charge is 0.383 e. The molecule has 0 saturated heterocycles. The Bertz CT molecular complexity index is 585. The van der Waals surface area contributed by atoms with Crippen LogP contribution in [0.2, 0.25) is 0 Å². The lowest BCUT2D eigenvalue weighted by Crippen LogP contribution is -2.40. The molecule has 18 heavy (non-hydrogen) atoms. The van der Waals surface area contributed by atoms with Crippen molar-refractivity contribution in [3.8, 4) is 0 Å². The van der Waals surface area contributed by atoms with Crippen molar-refractivity contribution >= 4 is 17.9 Å². The molecule has 1 rings (SSSR count). The Morgan fingerprint density at radius 3 is 2.50 bits per heavy atom. The summed E-state index contributed by atoms with van der Waals surface area (Å²) in [6.07, 6.45) is 3.29. The molecule has 1 aromatic heterocycles. The maximum Gasteiger partial charge on any atom is 0.330 e. The monoisotopic (exact) mass is 250 g/mol. The lowest BCUT2D eigenvalue weighted by atomic mass is 10.4. The van der Waals surface area contributed by atoms with E-state index in [-0.39, 0.29) is 24.6 Å². The number of hydrogen-bond donors (Lipinski definition) is 2. The number of carbonyl (C=O) groups is 1. The molecule has 0 aliphatic heterocycles. The van der Waals surface area contributed by atoms with Crippen LogP contribution in [-0.4, -0.2) is 22.5 Å². The second-order valence-corrected chi connectivity index (χ2v) is 3.44. The van der Waals surface area contributed by atoms with Crippen LogP contribution in [0.3, 0.4) is 0 Å². The number of nitrogens with two attached hydrogens (primary N) is 1. The fourth-order valence-electron chi connectivity index (χ4n) is 1.48. The number of carbonyl (C=O) groups excluding carboxylic acids is 1. The van der Waals surface area contributed by atoms with E-state index in [0.29, 0.717) is 6.41 Å². The number of nitrogens with zero attached hydrogens (tertiary/aromatic N) is 2. The molecular formula is C11H14N4O3. The summed E-state index contributed by atoms with van der Waals surface area (Å²) in [6.45, 7) is 7.06. The summed E-state index contributed by atoms with van der Waals surface area (Å²) in [5, 5.41) is 0. The van der Waals surface area contributed by atoms with Crippen LogP contribution in [0.5, 0.6) is 0 Å². The highest BCUT2D eigenvalue weighted by Gasteiger charge is 2.16. The molecule has 0 spiro atoms. The van der Waals surface area contributed by atoms with Crippen LogP contribution in [-0.2, 0) is 11.3 Å². The highest BCUT2D eigenvalue weighted by atomic mass is 16.2. The van der Waals surface area contributed by atoms with Gasteiger partial charge in [0.05, 0.1) is 0 Å². The first-order chi connectivity index (χ1) is 8.56. The van der Waals surface area contributed by atoms with Gasteiger partial charge in [-0.25, -0.2) is 4.79 Å². The van der Waals surface area contributed by atoms with Gasteiger partial charge in [0.25, 0.3) is 5.56 Å². The first-order valence-corrected chi connectivity index (χ1v) is 5.13. The Hall–Kier alpha value is -2.57. The topological polar surface area (TPSA) is 101 Å². The summed E-state index contributed by atoms with van der Waals surface area (Å²) >= 11 is 0. The zero-order valence-corrected chi connectivity index (χ0v) is 9.76. The third-order valence-corrected chi connectivity index (χ3v) is 2.24. The van der Waals surface area contributed by atoms with Gasteiger partial charge in [0.15, 0.2) is 5.69 Å². The summed E-state index contributed by atoms with van der Waals surface area (Å²) in [5.41, 5.74) is 4.19. The van der Waals surface area contributed by atoms with Crippen LogP contribution in [0.15, 0.2) is 34.9 Å². The average Bonchev–Trinajstić information content (AvgIpc) is 2.33. The van der Waals surface area contributed by atoms with Gasteiger partial charge in [-0.1, -0.05) is 12.2 Å². The van der Waals surface area contributed by atoms with Gasteiger partial charge >= 0.3 is 5.69 Å². The Balaban J connectivity index is 3.52. The fraction of sp³-hybridized carbons (Fsp3) is 0.182. The molecule has 0 fully saturated rings. The van der Waals surface area contributed by atoms with E-state index < -0.39 is 11.2 Å². The number of nitrogen functional groups attached to an aromatic ring is 1. The minimum Gasteiger partial charge on any atom is -0.383 e. The molecule has 0 unspecified atom stereocenters. The molecule has 96 valence electrons. The summed E-state index contributed by atoms with van der Waals surface area (Å²) in [5.74, 6) is -0.153. The van der Waals surface area contributed by atoms with Crippen LogP contribution < -0.4 is 21.9 Å². The summed E-state index contributed by atoms with van der Waals surface area (Å²) in [4.78, 5) is 37.9. The number of nitrogens with one attached hydrogen (secondary N) is 1. The molecule has 1 amide bonds. The molecule has 0 aliphatic carbocycles. The van der Waals surface area contributed by atoms with Crippen LogP contribution in [0.1, 0.15) is 0 Å². The van der Waals surface area contributed by atoms with Gasteiger partial charge < -0.3 is 10.6 Å². The van der Waals surface area contributed by atoms with Crippen molar-refractivity contribution in [2.24, 2.45) is 0 Å². The second-order valence-electron chi connectivity index (χ2n) is 3.44. The minimum atomic E-state index is -0.648. The predicted octanol–water partition coefficient (Wildman–Crippen LogP) is -0.546. The molecule has 0 radical (unpaired) electrons. The van der Waals surface area contributed by atoms with E-state index in [1.54, 1.807) is 0 Å². The fourth-order valence-corrected chi connectivity index (χ4v) is 1.48. The first-order valence-electron chi connectivity index (χ1n) is 5.13. The maximum absolute atomic E-state index is 12.1. The molecule has 7 nitrogen and oxygen atoms in total. The molecule has 0 aromatic carbocycles. The van der Waals surface area contributed by atoms with Crippen LogP contribution >= 0.6 is 0 Å². The van der Waals surface area contributed by atoms with E-state index >= 15 is 0 Å². The van der Waals surface area contributed by atoms with E-state index in [9.17, 15) is 14.4 Å². The van der Waals surface area contributed by atoms with Crippen molar-refractivity contribution in [2.45, 2.75) is 6.54 Å². The SMILES string of the molecule is C=CCN(C=O)c1c(N)[nH]c(=O)n(CC=C)c1=O. The molecule has 7 heteroatoms. The number of aromatic amines is 1. The first kappa shape index (κ1) is 13.5. The van der Waals surface area contributed by atoms with Gasteiger partial charge in [-0.2, -0.15) is 0 Å². The number of allylic oxidation sites excluding steroid dienone is 1. The Morgan fingerprint density at radius 1 is 1.33 bits per heavy atom. The lowest BCUT2D eigenvalue weighted by molar-refractivity contribution is -0.107. The molecule has 0 atom stereocenters. The van der Waals surface area contributed by atoms with E-state index in [1.807, 2.05) is 0 Å². The summed E-state index contributed by atoms with van der Waals surface area (Å²) in [6, 6.07) is 0. The van der Waals surface area contributed by atoms with Crippen LogP contribution in [0.25, 0.3) is 0 Å². The molecule has 1 aromatic rings. The molecule has 3 N–H and O–H groups in total. The summed E-state index contributed by atoms with van der Waals surface area (Å²) < 4.78 is 0.901. The van der Waals surface area contributed by atoms with Crippen molar-refractivity contribution in [3.05, 3.63) is 46.1 Å². The van der Waals surface area contributed by atoms with Crippen molar-refractivity contribution in [1.82, 2.24) is 9.55 Å². The van der Waals surface area contributed by atoms with Crippen molar-refractivity contribution in [3.63, 3.8) is 0 Å². The number of amides is 1. The van der Waals surface area contributed by atoms with Crippen molar-refractivity contribution < 1.29 is 4.79 Å². The van der Waals surface area contributed by atoms with E-state index in [1.165, 1.54) is 12.2 Å². The van der Waals surface area contributed by atoms with Crippen LogP contribution in [0.4, 0.5) is 11.5 Å². The third-order valence-electron chi connectivity index (χ3n) is 2.24. The number of rotatable bonds is 6. The van der Waals surface area contributed by atoms with E-state index in [0.717, 1.165) is 9.47 Å².